The number of carbonyl (C=O) groups excluding carboxylic acids is 1. The maximum absolute atomic E-state index is 11.9. The molecule has 0 unspecified atom stereocenters. The Kier molecular flexibility index (Phi) is 3.62. The quantitative estimate of drug-likeness (QED) is 0.766. The van der Waals surface area contributed by atoms with Gasteiger partial charge in [0.15, 0.2) is 0 Å². The normalized spacial score (nSPS) is 10.1. The zero-order valence-corrected chi connectivity index (χ0v) is 10.4. The molecular formula is C13H16N4O. The van der Waals surface area contributed by atoms with E-state index in [0.717, 1.165) is 16.9 Å². The van der Waals surface area contributed by atoms with Crippen molar-refractivity contribution in [1.82, 2.24) is 15.3 Å². The maximum atomic E-state index is 11.9. The molecular weight excluding hydrogens is 228 g/mol. The molecule has 1 amide bonds. The number of benzene rings is 1. The molecule has 0 aliphatic carbocycles. The first kappa shape index (κ1) is 12.2. The van der Waals surface area contributed by atoms with Crippen LogP contribution in [-0.2, 0) is 6.54 Å². The van der Waals surface area contributed by atoms with Crippen LogP contribution in [0, 0.1) is 6.92 Å². The van der Waals surface area contributed by atoms with Crippen LogP contribution in [0.3, 0.4) is 0 Å². The molecule has 2 rings (SSSR count). The highest BCUT2D eigenvalue weighted by atomic mass is 16.1. The van der Waals surface area contributed by atoms with Crippen molar-refractivity contribution in [2.24, 2.45) is 0 Å². The van der Waals surface area contributed by atoms with E-state index in [-0.39, 0.29) is 5.91 Å². The van der Waals surface area contributed by atoms with Crippen molar-refractivity contribution in [1.29, 1.82) is 0 Å². The molecule has 0 aliphatic rings. The van der Waals surface area contributed by atoms with Gasteiger partial charge in [0.2, 0.25) is 0 Å². The Morgan fingerprint density at radius 3 is 2.89 bits per heavy atom. The standard InChI is InChI=1S/C13H16N4O/c1-9-5-10(3-4-12(9)14-2)13(18)16-7-11-6-15-8-17-11/h3-6,8,14H,7H2,1-2H3,(H,15,17)(H,16,18). The van der Waals surface area contributed by atoms with Gasteiger partial charge in [-0.25, -0.2) is 4.98 Å². The van der Waals surface area contributed by atoms with E-state index in [1.54, 1.807) is 18.6 Å². The Bertz CT molecular complexity index is 534. The molecule has 1 aromatic carbocycles. The Labute approximate surface area is 106 Å². The minimum absolute atomic E-state index is 0.0876. The van der Waals surface area contributed by atoms with Gasteiger partial charge in [0, 0.05) is 24.5 Å². The number of rotatable bonds is 4. The second-order valence-corrected chi connectivity index (χ2v) is 4.04. The number of hydrogen-bond acceptors (Lipinski definition) is 3. The molecule has 2 aromatic rings. The van der Waals surface area contributed by atoms with E-state index in [2.05, 4.69) is 20.6 Å². The molecule has 0 spiro atoms. The number of anilines is 1. The van der Waals surface area contributed by atoms with E-state index in [1.165, 1.54) is 0 Å². The molecule has 0 atom stereocenters. The minimum Gasteiger partial charge on any atom is -0.388 e. The predicted molar refractivity (Wildman–Crippen MR) is 70.5 cm³/mol. The van der Waals surface area contributed by atoms with Gasteiger partial charge in [0.05, 0.1) is 18.6 Å². The Hall–Kier alpha value is -2.30. The van der Waals surface area contributed by atoms with E-state index >= 15 is 0 Å². The number of carbonyl (C=O) groups is 1. The van der Waals surface area contributed by atoms with Crippen LogP contribution in [-0.4, -0.2) is 22.9 Å². The van der Waals surface area contributed by atoms with Crippen molar-refractivity contribution in [3.63, 3.8) is 0 Å². The van der Waals surface area contributed by atoms with Crippen molar-refractivity contribution in [3.05, 3.63) is 47.5 Å². The molecule has 1 heterocycles. The van der Waals surface area contributed by atoms with Crippen LogP contribution in [0.1, 0.15) is 21.6 Å². The van der Waals surface area contributed by atoms with E-state index in [4.69, 9.17) is 0 Å². The summed E-state index contributed by atoms with van der Waals surface area (Å²) in [6, 6.07) is 5.58. The molecule has 0 radical (unpaired) electrons. The average Bonchev–Trinajstić information content (AvgIpc) is 2.89. The summed E-state index contributed by atoms with van der Waals surface area (Å²) >= 11 is 0. The molecule has 1 aromatic heterocycles. The van der Waals surface area contributed by atoms with Crippen molar-refractivity contribution >= 4 is 11.6 Å². The third-order valence-electron chi connectivity index (χ3n) is 2.75. The lowest BCUT2D eigenvalue weighted by atomic mass is 10.1. The number of aryl methyl sites for hydroxylation is 1. The summed E-state index contributed by atoms with van der Waals surface area (Å²) in [6.07, 6.45) is 3.28. The third kappa shape index (κ3) is 2.68. The van der Waals surface area contributed by atoms with Gasteiger partial charge in [0.25, 0.3) is 5.91 Å². The Morgan fingerprint density at radius 1 is 1.44 bits per heavy atom. The van der Waals surface area contributed by atoms with Crippen molar-refractivity contribution in [3.8, 4) is 0 Å². The van der Waals surface area contributed by atoms with Gasteiger partial charge >= 0.3 is 0 Å². The van der Waals surface area contributed by atoms with Crippen LogP contribution in [0.5, 0.6) is 0 Å². The molecule has 5 heteroatoms. The lowest BCUT2D eigenvalue weighted by molar-refractivity contribution is 0.0950. The predicted octanol–water partition coefficient (Wildman–Crippen LogP) is 1.69. The van der Waals surface area contributed by atoms with Crippen molar-refractivity contribution < 1.29 is 4.79 Å². The maximum Gasteiger partial charge on any atom is 0.251 e. The van der Waals surface area contributed by atoms with Crippen molar-refractivity contribution in [2.45, 2.75) is 13.5 Å². The van der Waals surface area contributed by atoms with E-state index in [0.29, 0.717) is 12.1 Å². The number of nitrogens with one attached hydrogen (secondary N) is 3. The van der Waals surface area contributed by atoms with Gasteiger partial charge in [-0.15, -0.1) is 0 Å². The highest BCUT2D eigenvalue weighted by Crippen LogP contribution is 2.15. The van der Waals surface area contributed by atoms with Crippen LogP contribution >= 0.6 is 0 Å². The van der Waals surface area contributed by atoms with Gasteiger partial charge in [-0.1, -0.05) is 0 Å². The molecule has 94 valence electrons. The highest BCUT2D eigenvalue weighted by molar-refractivity contribution is 5.94. The van der Waals surface area contributed by atoms with Crippen LogP contribution < -0.4 is 10.6 Å². The first-order chi connectivity index (χ1) is 8.70. The van der Waals surface area contributed by atoms with Gasteiger partial charge in [-0.3, -0.25) is 4.79 Å². The van der Waals surface area contributed by atoms with Gasteiger partial charge < -0.3 is 15.6 Å². The molecule has 18 heavy (non-hydrogen) atoms. The topological polar surface area (TPSA) is 69.8 Å². The number of nitrogens with zero attached hydrogens (tertiary/aromatic N) is 1. The Balaban J connectivity index is 2.02. The smallest absolute Gasteiger partial charge is 0.251 e. The molecule has 0 saturated heterocycles. The fourth-order valence-electron chi connectivity index (χ4n) is 1.74. The van der Waals surface area contributed by atoms with Crippen LogP contribution in [0.25, 0.3) is 0 Å². The molecule has 0 aliphatic heterocycles. The zero-order valence-electron chi connectivity index (χ0n) is 10.4. The summed E-state index contributed by atoms with van der Waals surface area (Å²) in [4.78, 5) is 18.8. The third-order valence-corrected chi connectivity index (χ3v) is 2.75. The van der Waals surface area contributed by atoms with Crippen LogP contribution in [0.15, 0.2) is 30.7 Å². The fourth-order valence-corrected chi connectivity index (χ4v) is 1.74. The summed E-state index contributed by atoms with van der Waals surface area (Å²) < 4.78 is 0. The summed E-state index contributed by atoms with van der Waals surface area (Å²) in [7, 11) is 1.86. The van der Waals surface area contributed by atoms with Gasteiger partial charge in [0.1, 0.15) is 0 Å². The molecule has 5 nitrogen and oxygen atoms in total. The zero-order chi connectivity index (χ0) is 13.0. The van der Waals surface area contributed by atoms with Gasteiger partial charge in [-0.2, -0.15) is 0 Å². The minimum atomic E-state index is -0.0876. The van der Waals surface area contributed by atoms with E-state index in [9.17, 15) is 4.79 Å². The van der Waals surface area contributed by atoms with Crippen LogP contribution in [0.4, 0.5) is 5.69 Å². The molecule has 0 saturated carbocycles. The largest absolute Gasteiger partial charge is 0.388 e. The number of H-pyrrole nitrogens is 1. The lowest BCUT2D eigenvalue weighted by Crippen LogP contribution is -2.23. The SMILES string of the molecule is CNc1ccc(C(=O)NCc2cnc[nH]2)cc1C. The first-order valence-electron chi connectivity index (χ1n) is 5.74. The number of aromatic amines is 1. The number of aromatic nitrogens is 2. The average molecular weight is 244 g/mol. The summed E-state index contributed by atoms with van der Waals surface area (Å²) in [5, 5.41) is 5.91. The molecule has 3 N–H and O–H groups in total. The van der Waals surface area contributed by atoms with Crippen molar-refractivity contribution in [2.75, 3.05) is 12.4 Å². The summed E-state index contributed by atoms with van der Waals surface area (Å²) in [5.74, 6) is -0.0876. The monoisotopic (exact) mass is 244 g/mol. The van der Waals surface area contributed by atoms with Crippen LogP contribution in [0.2, 0.25) is 0 Å². The molecule has 0 bridgehead atoms. The van der Waals surface area contributed by atoms with Gasteiger partial charge in [-0.05, 0) is 30.7 Å². The second kappa shape index (κ2) is 5.35. The number of amides is 1. The lowest BCUT2D eigenvalue weighted by Gasteiger charge is -2.08. The summed E-state index contributed by atoms with van der Waals surface area (Å²) in [6.45, 7) is 2.42. The number of hydrogen-bond donors (Lipinski definition) is 3. The van der Waals surface area contributed by atoms with E-state index in [1.807, 2.05) is 26.1 Å². The fraction of sp³-hybridized carbons (Fsp3) is 0.231. The second-order valence-electron chi connectivity index (χ2n) is 4.04. The first-order valence-corrected chi connectivity index (χ1v) is 5.74. The molecule has 0 fully saturated rings. The Morgan fingerprint density at radius 2 is 2.28 bits per heavy atom. The summed E-state index contributed by atoms with van der Waals surface area (Å²) in [5.41, 5.74) is 3.62. The highest BCUT2D eigenvalue weighted by Gasteiger charge is 2.07. The van der Waals surface area contributed by atoms with E-state index < -0.39 is 0 Å². The number of imidazole rings is 1.